The number of benzene rings is 2. The van der Waals surface area contributed by atoms with Crippen LogP contribution in [0.4, 0.5) is 0 Å². The van der Waals surface area contributed by atoms with Crippen molar-refractivity contribution < 1.29 is 14.6 Å². The molecule has 2 N–H and O–H groups in total. The highest BCUT2D eigenvalue weighted by molar-refractivity contribution is 9.13. The van der Waals surface area contributed by atoms with E-state index < -0.39 is 0 Å². The molecule has 1 amide bonds. The predicted molar refractivity (Wildman–Crippen MR) is 96.6 cm³/mol. The van der Waals surface area contributed by atoms with Crippen LogP contribution in [0.15, 0.2) is 44.4 Å². The van der Waals surface area contributed by atoms with Crippen molar-refractivity contribution in [3.63, 3.8) is 0 Å². The average Bonchev–Trinajstić information content (AvgIpc) is 2.55. The van der Waals surface area contributed by atoms with E-state index >= 15 is 0 Å². The number of hydrogen-bond donors (Lipinski definition) is 2. The third-order valence-electron chi connectivity index (χ3n) is 2.87. The predicted octanol–water partition coefficient (Wildman–Crippen LogP) is 4.34. The van der Waals surface area contributed by atoms with E-state index in [0.29, 0.717) is 25.1 Å². The van der Waals surface area contributed by atoms with Crippen LogP contribution in [0.25, 0.3) is 0 Å². The number of phenolic OH excluding ortho intramolecular Hbond substituents is 1. The Morgan fingerprint density at radius 3 is 2.57 bits per heavy atom. The minimum atomic E-state index is -0.362. The van der Waals surface area contributed by atoms with Crippen molar-refractivity contribution in [3.05, 3.63) is 55.4 Å². The number of hydrogen-bond acceptors (Lipinski definition) is 4. The molecule has 0 saturated heterocycles. The van der Waals surface area contributed by atoms with Gasteiger partial charge in [-0.15, -0.1) is 0 Å². The van der Waals surface area contributed by atoms with E-state index in [1.54, 1.807) is 30.3 Å². The SMILES string of the molecule is COc1cc(C=NNC(=O)c2ccc(Cl)cc2)c(Br)c(Br)c1O. The molecule has 0 aromatic heterocycles. The lowest BCUT2D eigenvalue weighted by molar-refractivity contribution is 0.0955. The molecule has 2 aromatic rings. The summed E-state index contributed by atoms with van der Waals surface area (Å²) in [4.78, 5) is 11.9. The van der Waals surface area contributed by atoms with Crippen LogP contribution >= 0.6 is 43.5 Å². The first-order valence-corrected chi connectivity index (χ1v) is 8.24. The summed E-state index contributed by atoms with van der Waals surface area (Å²) in [6.45, 7) is 0. The number of methoxy groups -OCH3 is 1. The van der Waals surface area contributed by atoms with E-state index in [-0.39, 0.29) is 17.4 Å². The first-order valence-electron chi connectivity index (χ1n) is 6.28. The molecular formula is C15H11Br2ClN2O3. The minimum absolute atomic E-state index is 0.0262. The van der Waals surface area contributed by atoms with Crippen molar-refractivity contribution in [3.8, 4) is 11.5 Å². The summed E-state index contributed by atoms with van der Waals surface area (Å²) < 4.78 is 6.08. The quantitative estimate of drug-likeness (QED) is 0.525. The summed E-state index contributed by atoms with van der Waals surface area (Å²) >= 11 is 12.4. The van der Waals surface area contributed by atoms with Crippen molar-refractivity contribution in [2.24, 2.45) is 5.10 Å². The van der Waals surface area contributed by atoms with Gasteiger partial charge in [-0.1, -0.05) is 11.6 Å². The van der Waals surface area contributed by atoms with E-state index in [9.17, 15) is 9.90 Å². The van der Waals surface area contributed by atoms with Gasteiger partial charge in [0.05, 0.1) is 17.8 Å². The third kappa shape index (κ3) is 4.25. The van der Waals surface area contributed by atoms with Gasteiger partial charge in [0.15, 0.2) is 11.5 Å². The largest absolute Gasteiger partial charge is 0.503 e. The Morgan fingerprint density at radius 2 is 1.96 bits per heavy atom. The highest BCUT2D eigenvalue weighted by Crippen LogP contribution is 2.41. The molecule has 5 nitrogen and oxygen atoms in total. The summed E-state index contributed by atoms with van der Waals surface area (Å²) in [7, 11) is 1.44. The number of nitrogens with one attached hydrogen (secondary N) is 1. The molecule has 8 heteroatoms. The second kappa shape index (κ2) is 7.81. The van der Waals surface area contributed by atoms with Crippen LogP contribution in [0.1, 0.15) is 15.9 Å². The summed E-state index contributed by atoms with van der Waals surface area (Å²) in [5.41, 5.74) is 3.47. The van der Waals surface area contributed by atoms with Gasteiger partial charge in [0.2, 0.25) is 0 Å². The van der Waals surface area contributed by atoms with Crippen molar-refractivity contribution in [2.75, 3.05) is 7.11 Å². The van der Waals surface area contributed by atoms with Crippen LogP contribution < -0.4 is 10.2 Å². The lowest BCUT2D eigenvalue weighted by Gasteiger charge is -2.09. The zero-order valence-electron chi connectivity index (χ0n) is 11.8. The topological polar surface area (TPSA) is 70.9 Å². The molecule has 0 saturated carbocycles. The molecule has 120 valence electrons. The number of rotatable bonds is 4. The fourth-order valence-electron chi connectivity index (χ4n) is 1.69. The lowest BCUT2D eigenvalue weighted by atomic mass is 10.2. The molecule has 0 fully saturated rings. The Kier molecular flexibility index (Phi) is 6.04. The Hall–Kier alpha value is -1.57. The normalized spacial score (nSPS) is 10.8. The van der Waals surface area contributed by atoms with Crippen LogP contribution in [0, 0.1) is 0 Å². The van der Waals surface area contributed by atoms with Gasteiger partial charge in [-0.25, -0.2) is 5.43 Å². The fraction of sp³-hybridized carbons (Fsp3) is 0.0667. The maximum absolute atomic E-state index is 11.9. The Morgan fingerprint density at radius 1 is 1.30 bits per heavy atom. The number of ether oxygens (including phenoxy) is 1. The minimum Gasteiger partial charge on any atom is -0.503 e. The number of carbonyl (C=O) groups is 1. The molecule has 0 bridgehead atoms. The first-order chi connectivity index (χ1) is 10.9. The van der Waals surface area contributed by atoms with E-state index in [4.69, 9.17) is 16.3 Å². The van der Waals surface area contributed by atoms with Gasteiger partial charge in [-0.2, -0.15) is 5.10 Å². The summed E-state index contributed by atoms with van der Waals surface area (Å²) in [6.07, 6.45) is 1.44. The van der Waals surface area contributed by atoms with Gasteiger partial charge in [-0.05, 0) is 62.2 Å². The molecule has 0 radical (unpaired) electrons. The van der Waals surface area contributed by atoms with Gasteiger partial charge >= 0.3 is 0 Å². The van der Waals surface area contributed by atoms with Gasteiger partial charge < -0.3 is 9.84 Å². The van der Waals surface area contributed by atoms with E-state index in [1.165, 1.54) is 13.3 Å². The number of phenols is 1. The van der Waals surface area contributed by atoms with Gasteiger partial charge in [0.1, 0.15) is 0 Å². The second-order valence-corrected chi connectivity index (χ2v) is 6.37. The Balaban J connectivity index is 2.16. The highest BCUT2D eigenvalue weighted by atomic mass is 79.9. The van der Waals surface area contributed by atoms with Crippen molar-refractivity contribution >= 4 is 55.6 Å². The molecule has 0 aliphatic carbocycles. The van der Waals surface area contributed by atoms with E-state index in [0.717, 1.165) is 0 Å². The van der Waals surface area contributed by atoms with Crippen molar-refractivity contribution in [1.29, 1.82) is 0 Å². The maximum atomic E-state index is 11.9. The number of carbonyl (C=O) groups excluding carboxylic acids is 1. The fourth-order valence-corrected chi connectivity index (χ4v) is 2.64. The molecule has 2 rings (SSSR count). The summed E-state index contributed by atoms with van der Waals surface area (Å²) in [6, 6.07) is 8.03. The molecule has 0 aliphatic rings. The second-order valence-electron chi connectivity index (χ2n) is 4.35. The molecule has 0 spiro atoms. The summed E-state index contributed by atoms with van der Waals surface area (Å²) in [5, 5.41) is 14.3. The van der Waals surface area contributed by atoms with Crippen LogP contribution in [-0.2, 0) is 0 Å². The van der Waals surface area contributed by atoms with E-state index in [1.807, 2.05) is 0 Å². The van der Waals surface area contributed by atoms with Gasteiger partial charge in [-0.3, -0.25) is 4.79 Å². The van der Waals surface area contributed by atoms with Crippen LogP contribution in [0.3, 0.4) is 0 Å². The van der Waals surface area contributed by atoms with Gasteiger partial charge in [0.25, 0.3) is 5.91 Å². The first kappa shape index (κ1) is 17.8. The van der Waals surface area contributed by atoms with Gasteiger partial charge in [0, 0.05) is 20.6 Å². The van der Waals surface area contributed by atoms with Crippen molar-refractivity contribution in [2.45, 2.75) is 0 Å². The monoisotopic (exact) mass is 460 g/mol. The third-order valence-corrected chi connectivity index (χ3v) is 5.28. The molecule has 2 aromatic carbocycles. The molecule has 0 unspecified atom stereocenters. The number of halogens is 3. The average molecular weight is 463 g/mol. The zero-order valence-corrected chi connectivity index (χ0v) is 15.7. The maximum Gasteiger partial charge on any atom is 0.271 e. The molecule has 0 atom stereocenters. The lowest BCUT2D eigenvalue weighted by Crippen LogP contribution is -2.17. The Labute approximate surface area is 154 Å². The zero-order chi connectivity index (χ0) is 17.0. The number of amides is 1. The molecular weight excluding hydrogens is 451 g/mol. The number of nitrogens with zero attached hydrogens (tertiary/aromatic N) is 1. The number of aromatic hydroxyl groups is 1. The van der Waals surface area contributed by atoms with E-state index in [2.05, 4.69) is 42.4 Å². The standard InChI is InChI=1S/C15H11Br2ClN2O3/c1-23-11-6-9(12(16)13(17)14(11)21)7-19-20-15(22)8-2-4-10(18)5-3-8/h2-7,21H,1H3,(H,20,22). The molecule has 0 aliphatic heterocycles. The molecule has 23 heavy (non-hydrogen) atoms. The highest BCUT2D eigenvalue weighted by Gasteiger charge is 2.13. The van der Waals surface area contributed by atoms with Crippen LogP contribution in [0.5, 0.6) is 11.5 Å². The Bertz CT molecular complexity index is 764. The number of hydrazone groups is 1. The smallest absolute Gasteiger partial charge is 0.271 e. The van der Waals surface area contributed by atoms with Crippen LogP contribution in [-0.4, -0.2) is 24.3 Å². The van der Waals surface area contributed by atoms with Crippen molar-refractivity contribution in [1.82, 2.24) is 5.43 Å². The van der Waals surface area contributed by atoms with Crippen LogP contribution in [0.2, 0.25) is 5.02 Å². The summed E-state index contributed by atoms with van der Waals surface area (Å²) in [5.74, 6) is -0.105. The molecule has 0 heterocycles.